The minimum absolute atomic E-state index is 0.0428. The van der Waals surface area contributed by atoms with Gasteiger partial charge in [0.2, 0.25) is 0 Å². The van der Waals surface area contributed by atoms with Gasteiger partial charge in [-0.25, -0.2) is 0 Å². The summed E-state index contributed by atoms with van der Waals surface area (Å²) in [7, 11) is 0. The van der Waals surface area contributed by atoms with Crippen LogP contribution in [0.15, 0.2) is 23.5 Å². The summed E-state index contributed by atoms with van der Waals surface area (Å²) in [6.07, 6.45) is 23.4. The van der Waals surface area contributed by atoms with E-state index in [1.54, 1.807) is 0 Å². The molecule has 0 bridgehead atoms. The summed E-state index contributed by atoms with van der Waals surface area (Å²) in [5, 5.41) is 17.9. The highest BCUT2D eigenvalue weighted by Crippen LogP contribution is 2.22. The molecule has 3 heteroatoms. The van der Waals surface area contributed by atoms with Crippen molar-refractivity contribution in [1.82, 2.24) is 0 Å². The lowest BCUT2D eigenvalue weighted by molar-refractivity contribution is -0.115. The second-order valence-corrected chi connectivity index (χ2v) is 7.91. The van der Waals surface area contributed by atoms with Crippen LogP contribution in [0.2, 0.25) is 0 Å². The van der Waals surface area contributed by atoms with Crippen LogP contribution in [0.4, 0.5) is 0 Å². The fourth-order valence-corrected chi connectivity index (χ4v) is 3.67. The Bertz CT molecular complexity index is 491. The van der Waals surface area contributed by atoms with Crippen LogP contribution < -0.4 is 0 Å². The number of ketones is 1. The standard InChI is InChI=1S/C24H41NO2/c1-2-3-4-5-6-7-8-9-10-11-12-13-14-15-16-18-21(25)24-22(26)19-17-20-23(24)27/h7-8,25-26H,2-6,9-20H2,1H3/b8-7-,25-21?. The van der Waals surface area contributed by atoms with Gasteiger partial charge in [-0.05, 0) is 44.9 Å². The van der Waals surface area contributed by atoms with Gasteiger partial charge in [-0.2, -0.15) is 0 Å². The Hall–Kier alpha value is -1.38. The van der Waals surface area contributed by atoms with E-state index in [0.717, 1.165) is 19.3 Å². The van der Waals surface area contributed by atoms with Gasteiger partial charge < -0.3 is 10.5 Å². The predicted molar refractivity (Wildman–Crippen MR) is 116 cm³/mol. The average molecular weight is 376 g/mol. The maximum Gasteiger partial charge on any atom is 0.168 e. The summed E-state index contributed by atoms with van der Waals surface area (Å²) >= 11 is 0. The van der Waals surface area contributed by atoms with E-state index in [9.17, 15) is 9.90 Å². The average Bonchev–Trinajstić information content (AvgIpc) is 2.64. The van der Waals surface area contributed by atoms with Gasteiger partial charge >= 0.3 is 0 Å². The zero-order valence-corrected chi connectivity index (χ0v) is 17.5. The van der Waals surface area contributed by atoms with Crippen molar-refractivity contribution in [1.29, 1.82) is 5.41 Å². The van der Waals surface area contributed by atoms with E-state index in [1.165, 1.54) is 70.6 Å². The number of carbonyl (C=O) groups is 1. The second-order valence-electron chi connectivity index (χ2n) is 7.91. The molecule has 0 atom stereocenters. The van der Waals surface area contributed by atoms with Gasteiger partial charge in [0.1, 0.15) is 5.76 Å². The lowest BCUT2D eigenvalue weighted by Gasteiger charge is -2.15. The first kappa shape index (κ1) is 23.7. The van der Waals surface area contributed by atoms with E-state index in [1.807, 2.05) is 0 Å². The molecule has 0 amide bonds. The Kier molecular flexibility index (Phi) is 13.7. The van der Waals surface area contributed by atoms with Gasteiger partial charge in [-0.1, -0.05) is 70.4 Å². The summed E-state index contributed by atoms with van der Waals surface area (Å²) in [6.45, 7) is 2.25. The molecule has 0 spiro atoms. The maximum atomic E-state index is 11.8. The van der Waals surface area contributed by atoms with Crippen LogP contribution >= 0.6 is 0 Å². The molecule has 0 saturated heterocycles. The van der Waals surface area contributed by atoms with E-state index in [2.05, 4.69) is 19.1 Å². The minimum Gasteiger partial charge on any atom is -0.511 e. The first-order valence-electron chi connectivity index (χ1n) is 11.3. The van der Waals surface area contributed by atoms with Gasteiger partial charge in [0.15, 0.2) is 5.78 Å². The molecular weight excluding hydrogens is 334 g/mol. The Labute approximate surface area is 166 Å². The topological polar surface area (TPSA) is 61.1 Å². The third-order valence-electron chi connectivity index (χ3n) is 5.38. The Morgan fingerprint density at radius 1 is 0.889 bits per heavy atom. The van der Waals surface area contributed by atoms with Crippen molar-refractivity contribution in [3.8, 4) is 0 Å². The minimum atomic E-state index is -0.0428. The molecule has 0 aromatic rings. The van der Waals surface area contributed by atoms with Gasteiger partial charge in [0, 0.05) is 18.6 Å². The molecule has 1 aliphatic rings. The number of hydrogen-bond donors (Lipinski definition) is 2. The first-order valence-corrected chi connectivity index (χ1v) is 11.3. The second kappa shape index (κ2) is 15.7. The summed E-state index contributed by atoms with van der Waals surface area (Å²) in [4.78, 5) is 11.8. The van der Waals surface area contributed by atoms with E-state index in [4.69, 9.17) is 5.41 Å². The SMILES string of the molecule is CCCCCC/C=C\CCCCCCCCCC(=N)C1=C(O)CCCC1=O. The van der Waals surface area contributed by atoms with Crippen LogP contribution in [0.3, 0.4) is 0 Å². The Balaban J connectivity index is 1.92. The zero-order chi connectivity index (χ0) is 19.7. The zero-order valence-electron chi connectivity index (χ0n) is 17.5. The summed E-state index contributed by atoms with van der Waals surface area (Å²) in [6, 6.07) is 0. The first-order chi connectivity index (χ1) is 13.2. The number of hydrogen-bond acceptors (Lipinski definition) is 3. The van der Waals surface area contributed by atoms with Crippen molar-refractivity contribution in [2.75, 3.05) is 0 Å². The van der Waals surface area contributed by atoms with Crippen LogP contribution in [0.5, 0.6) is 0 Å². The van der Waals surface area contributed by atoms with Crippen LogP contribution in [0.25, 0.3) is 0 Å². The lowest BCUT2D eigenvalue weighted by Crippen LogP contribution is -2.18. The number of carbonyl (C=O) groups excluding carboxylic acids is 1. The maximum absolute atomic E-state index is 11.8. The fourth-order valence-electron chi connectivity index (χ4n) is 3.67. The molecular formula is C24H41NO2. The highest BCUT2D eigenvalue weighted by Gasteiger charge is 2.23. The molecule has 3 nitrogen and oxygen atoms in total. The van der Waals surface area contributed by atoms with Crippen molar-refractivity contribution < 1.29 is 9.90 Å². The smallest absolute Gasteiger partial charge is 0.168 e. The van der Waals surface area contributed by atoms with Gasteiger partial charge in [-0.3, -0.25) is 4.79 Å². The predicted octanol–water partition coefficient (Wildman–Crippen LogP) is 7.61. The van der Waals surface area contributed by atoms with Crippen LogP contribution in [0, 0.1) is 5.41 Å². The molecule has 154 valence electrons. The summed E-state index contributed by atoms with van der Waals surface area (Å²) in [5.74, 6) is 0.102. The van der Waals surface area contributed by atoms with Crippen molar-refractivity contribution in [2.45, 2.75) is 116 Å². The lowest BCUT2D eigenvalue weighted by atomic mass is 9.90. The van der Waals surface area contributed by atoms with Crippen molar-refractivity contribution in [3.05, 3.63) is 23.5 Å². The number of aliphatic hydroxyl groups excluding tert-OH is 1. The van der Waals surface area contributed by atoms with Crippen LogP contribution in [0.1, 0.15) is 116 Å². The number of rotatable bonds is 16. The number of aliphatic hydroxyl groups is 1. The quantitative estimate of drug-likeness (QED) is 0.166. The number of unbranched alkanes of at least 4 members (excludes halogenated alkanes) is 11. The molecule has 0 unspecified atom stereocenters. The Morgan fingerprint density at radius 3 is 2.04 bits per heavy atom. The number of nitrogens with one attached hydrogen (secondary N) is 1. The molecule has 0 radical (unpaired) electrons. The molecule has 27 heavy (non-hydrogen) atoms. The van der Waals surface area contributed by atoms with E-state index >= 15 is 0 Å². The normalized spacial score (nSPS) is 15.1. The highest BCUT2D eigenvalue weighted by molar-refractivity contribution is 6.21. The van der Waals surface area contributed by atoms with Gasteiger partial charge in [0.25, 0.3) is 0 Å². The molecule has 0 saturated carbocycles. The van der Waals surface area contributed by atoms with Crippen molar-refractivity contribution in [2.24, 2.45) is 0 Å². The van der Waals surface area contributed by atoms with E-state index in [0.29, 0.717) is 30.5 Å². The summed E-state index contributed by atoms with van der Waals surface area (Å²) < 4.78 is 0. The molecule has 0 heterocycles. The van der Waals surface area contributed by atoms with E-state index in [-0.39, 0.29) is 11.5 Å². The molecule has 0 aliphatic heterocycles. The number of Topliss-reactive ketones (excluding diaryl/α,β-unsaturated/α-hetero) is 1. The van der Waals surface area contributed by atoms with E-state index < -0.39 is 0 Å². The van der Waals surface area contributed by atoms with Gasteiger partial charge in [-0.15, -0.1) is 0 Å². The largest absolute Gasteiger partial charge is 0.511 e. The monoisotopic (exact) mass is 375 g/mol. The molecule has 2 N–H and O–H groups in total. The molecule has 1 aliphatic carbocycles. The highest BCUT2D eigenvalue weighted by atomic mass is 16.3. The number of allylic oxidation sites excluding steroid dienone is 4. The van der Waals surface area contributed by atoms with Crippen LogP contribution in [-0.2, 0) is 4.79 Å². The van der Waals surface area contributed by atoms with Crippen molar-refractivity contribution >= 4 is 11.5 Å². The van der Waals surface area contributed by atoms with Gasteiger partial charge in [0.05, 0.1) is 5.57 Å². The third kappa shape index (κ3) is 11.1. The molecule has 0 aromatic carbocycles. The molecule has 0 aromatic heterocycles. The fraction of sp³-hybridized carbons (Fsp3) is 0.750. The van der Waals surface area contributed by atoms with Crippen molar-refractivity contribution in [3.63, 3.8) is 0 Å². The van der Waals surface area contributed by atoms with Crippen LogP contribution in [-0.4, -0.2) is 16.6 Å². The molecule has 0 fully saturated rings. The Morgan fingerprint density at radius 2 is 1.44 bits per heavy atom. The molecule has 1 rings (SSSR count). The summed E-state index contributed by atoms with van der Waals surface area (Å²) in [5.41, 5.74) is 0.665. The third-order valence-corrected chi connectivity index (χ3v) is 5.38.